The van der Waals surface area contributed by atoms with Crippen molar-refractivity contribution >= 4 is 11.7 Å². The molecular weight excluding hydrogens is 233 g/mol. The van der Waals surface area contributed by atoms with E-state index in [1.54, 1.807) is 0 Å². The number of nitrogens with one attached hydrogen (secondary N) is 1. The van der Waals surface area contributed by atoms with Gasteiger partial charge in [0.2, 0.25) is 0 Å². The smallest absolute Gasteiger partial charge is 0.339 e. The number of ether oxygens (including phenoxy) is 1. The molecule has 1 aliphatic rings. The first-order valence-corrected chi connectivity index (χ1v) is 6.32. The van der Waals surface area contributed by atoms with Crippen LogP contribution in [-0.2, 0) is 4.74 Å². The maximum absolute atomic E-state index is 13.2. The molecule has 0 heterocycles. The SMILES string of the molecule is COC(=O)c1ccc(F)cc1NCC1CCCC1. The van der Waals surface area contributed by atoms with E-state index in [-0.39, 0.29) is 5.82 Å². The zero-order valence-electron chi connectivity index (χ0n) is 10.5. The van der Waals surface area contributed by atoms with Gasteiger partial charge in [0.1, 0.15) is 5.82 Å². The van der Waals surface area contributed by atoms with Crippen LogP contribution in [0, 0.1) is 11.7 Å². The molecule has 0 aliphatic heterocycles. The molecule has 1 fully saturated rings. The summed E-state index contributed by atoms with van der Waals surface area (Å²) in [4.78, 5) is 11.6. The zero-order valence-corrected chi connectivity index (χ0v) is 10.5. The Balaban J connectivity index is 2.08. The third kappa shape index (κ3) is 3.00. The highest BCUT2D eigenvalue weighted by Crippen LogP contribution is 2.26. The highest BCUT2D eigenvalue weighted by atomic mass is 19.1. The molecule has 1 aliphatic carbocycles. The van der Waals surface area contributed by atoms with Gasteiger partial charge in [-0.25, -0.2) is 9.18 Å². The number of carbonyl (C=O) groups is 1. The second kappa shape index (κ2) is 5.85. The molecule has 1 N–H and O–H groups in total. The van der Waals surface area contributed by atoms with Crippen LogP contribution >= 0.6 is 0 Å². The van der Waals surface area contributed by atoms with Gasteiger partial charge < -0.3 is 10.1 Å². The maximum Gasteiger partial charge on any atom is 0.339 e. The molecule has 98 valence electrons. The number of rotatable bonds is 4. The summed E-state index contributed by atoms with van der Waals surface area (Å²) in [5.74, 6) is -0.167. The number of methoxy groups -OCH3 is 1. The van der Waals surface area contributed by atoms with E-state index >= 15 is 0 Å². The summed E-state index contributed by atoms with van der Waals surface area (Å²) in [6.45, 7) is 0.785. The monoisotopic (exact) mass is 251 g/mol. The molecule has 2 rings (SSSR count). The molecule has 0 amide bonds. The van der Waals surface area contributed by atoms with Crippen molar-refractivity contribution in [3.8, 4) is 0 Å². The number of anilines is 1. The molecule has 3 nitrogen and oxygen atoms in total. The standard InChI is InChI=1S/C14H18FNO2/c1-18-14(17)12-7-6-11(15)8-13(12)16-9-10-4-2-3-5-10/h6-8,10,16H,2-5,9H2,1H3. The summed E-state index contributed by atoms with van der Waals surface area (Å²) in [6, 6.07) is 4.08. The predicted octanol–water partition coefficient (Wildman–Crippen LogP) is 3.21. The molecule has 0 aromatic heterocycles. The van der Waals surface area contributed by atoms with Crippen molar-refractivity contribution in [2.24, 2.45) is 5.92 Å². The third-order valence-electron chi connectivity index (χ3n) is 3.44. The van der Waals surface area contributed by atoms with E-state index in [2.05, 4.69) is 10.1 Å². The Morgan fingerprint density at radius 2 is 2.17 bits per heavy atom. The Morgan fingerprint density at radius 3 is 2.83 bits per heavy atom. The second-order valence-electron chi connectivity index (χ2n) is 4.71. The molecular formula is C14H18FNO2. The summed E-state index contributed by atoms with van der Waals surface area (Å²) in [5.41, 5.74) is 0.908. The molecule has 0 atom stereocenters. The van der Waals surface area contributed by atoms with Crippen LogP contribution in [0.1, 0.15) is 36.0 Å². The van der Waals surface area contributed by atoms with Crippen molar-refractivity contribution in [3.05, 3.63) is 29.6 Å². The summed E-state index contributed by atoms with van der Waals surface area (Å²) < 4.78 is 17.9. The average Bonchev–Trinajstić information content (AvgIpc) is 2.88. The van der Waals surface area contributed by atoms with Crippen molar-refractivity contribution in [1.29, 1.82) is 0 Å². The minimum absolute atomic E-state index is 0.350. The van der Waals surface area contributed by atoms with E-state index in [1.807, 2.05) is 0 Å². The summed E-state index contributed by atoms with van der Waals surface area (Å²) in [5, 5.41) is 3.17. The van der Waals surface area contributed by atoms with Crippen molar-refractivity contribution in [2.45, 2.75) is 25.7 Å². The summed E-state index contributed by atoms with van der Waals surface area (Å²) >= 11 is 0. The van der Waals surface area contributed by atoms with Crippen LogP contribution in [-0.4, -0.2) is 19.6 Å². The zero-order chi connectivity index (χ0) is 13.0. The Morgan fingerprint density at radius 1 is 1.44 bits per heavy atom. The Kier molecular flexibility index (Phi) is 4.18. The average molecular weight is 251 g/mol. The number of esters is 1. The lowest BCUT2D eigenvalue weighted by molar-refractivity contribution is 0.0602. The normalized spacial score (nSPS) is 15.7. The van der Waals surface area contributed by atoms with Crippen LogP contribution in [0.15, 0.2) is 18.2 Å². The molecule has 18 heavy (non-hydrogen) atoms. The second-order valence-corrected chi connectivity index (χ2v) is 4.71. The Labute approximate surface area is 106 Å². The Hall–Kier alpha value is -1.58. The summed E-state index contributed by atoms with van der Waals surface area (Å²) in [7, 11) is 1.33. The van der Waals surface area contributed by atoms with E-state index in [9.17, 15) is 9.18 Å². The molecule has 0 radical (unpaired) electrons. The molecule has 1 saturated carbocycles. The fourth-order valence-electron chi connectivity index (χ4n) is 2.42. The first kappa shape index (κ1) is 12.9. The van der Waals surface area contributed by atoms with Crippen molar-refractivity contribution in [1.82, 2.24) is 0 Å². The quantitative estimate of drug-likeness (QED) is 0.835. The van der Waals surface area contributed by atoms with E-state index in [4.69, 9.17) is 0 Å². The Bertz CT molecular complexity index is 428. The minimum Gasteiger partial charge on any atom is -0.465 e. The van der Waals surface area contributed by atoms with Crippen LogP contribution in [0.25, 0.3) is 0 Å². The largest absolute Gasteiger partial charge is 0.465 e. The number of carbonyl (C=O) groups excluding carboxylic acids is 1. The van der Waals surface area contributed by atoms with E-state index < -0.39 is 5.97 Å². The number of hydrogen-bond acceptors (Lipinski definition) is 3. The van der Waals surface area contributed by atoms with Crippen LogP contribution < -0.4 is 5.32 Å². The van der Waals surface area contributed by atoms with Gasteiger partial charge in [0.05, 0.1) is 18.4 Å². The molecule has 4 heteroatoms. The number of hydrogen-bond donors (Lipinski definition) is 1. The van der Waals surface area contributed by atoms with E-state index in [0.29, 0.717) is 17.2 Å². The van der Waals surface area contributed by atoms with Gasteiger partial charge in [-0.2, -0.15) is 0 Å². The fraction of sp³-hybridized carbons (Fsp3) is 0.500. The van der Waals surface area contributed by atoms with Crippen LogP contribution in [0.2, 0.25) is 0 Å². The van der Waals surface area contributed by atoms with Gasteiger partial charge in [-0.3, -0.25) is 0 Å². The van der Waals surface area contributed by atoms with Crippen molar-refractivity contribution in [3.63, 3.8) is 0 Å². The van der Waals surface area contributed by atoms with Crippen molar-refractivity contribution < 1.29 is 13.9 Å². The van der Waals surface area contributed by atoms with Gasteiger partial charge in [0.25, 0.3) is 0 Å². The fourth-order valence-corrected chi connectivity index (χ4v) is 2.42. The molecule has 0 bridgehead atoms. The molecule has 0 spiro atoms. The molecule has 1 aromatic carbocycles. The predicted molar refractivity (Wildman–Crippen MR) is 68.2 cm³/mol. The van der Waals surface area contributed by atoms with E-state index in [1.165, 1.54) is 51.0 Å². The van der Waals surface area contributed by atoms with Gasteiger partial charge in [-0.05, 0) is 37.0 Å². The van der Waals surface area contributed by atoms with Gasteiger partial charge >= 0.3 is 5.97 Å². The van der Waals surface area contributed by atoms with Gasteiger partial charge in [-0.1, -0.05) is 12.8 Å². The van der Waals surface area contributed by atoms with Gasteiger partial charge in [-0.15, -0.1) is 0 Å². The van der Waals surface area contributed by atoms with Gasteiger partial charge in [0, 0.05) is 6.54 Å². The van der Waals surface area contributed by atoms with Crippen LogP contribution in [0.5, 0.6) is 0 Å². The molecule has 1 aromatic rings. The minimum atomic E-state index is -0.441. The lowest BCUT2D eigenvalue weighted by atomic mass is 10.1. The van der Waals surface area contributed by atoms with Crippen molar-refractivity contribution in [2.75, 3.05) is 19.0 Å². The lowest BCUT2D eigenvalue weighted by Crippen LogP contribution is -2.14. The van der Waals surface area contributed by atoms with E-state index in [0.717, 1.165) is 6.54 Å². The van der Waals surface area contributed by atoms with Crippen LogP contribution in [0.4, 0.5) is 10.1 Å². The van der Waals surface area contributed by atoms with Crippen LogP contribution in [0.3, 0.4) is 0 Å². The highest BCUT2D eigenvalue weighted by molar-refractivity contribution is 5.95. The number of benzene rings is 1. The molecule has 0 saturated heterocycles. The molecule has 0 unspecified atom stereocenters. The third-order valence-corrected chi connectivity index (χ3v) is 3.44. The highest BCUT2D eigenvalue weighted by Gasteiger charge is 2.17. The maximum atomic E-state index is 13.2. The topological polar surface area (TPSA) is 38.3 Å². The first-order chi connectivity index (χ1) is 8.70. The lowest BCUT2D eigenvalue weighted by Gasteiger charge is -2.14. The number of halogens is 1. The summed E-state index contributed by atoms with van der Waals surface area (Å²) in [6.07, 6.45) is 4.93. The van der Waals surface area contributed by atoms with Gasteiger partial charge in [0.15, 0.2) is 0 Å². The first-order valence-electron chi connectivity index (χ1n) is 6.32.